The van der Waals surface area contributed by atoms with Gasteiger partial charge in [-0.15, -0.1) is 0 Å². The van der Waals surface area contributed by atoms with Gasteiger partial charge in [-0.25, -0.2) is 0 Å². The predicted octanol–water partition coefficient (Wildman–Crippen LogP) is 19.1. The number of fused-ring (bicyclic) bond motifs is 10. The zero-order chi connectivity index (χ0) is 45.4. The van der Waals surface area contributed by atoms with Crippen molar-refractivity contribution in [2.24, 2.45) is 0 Å². The van der Waals surface area contributed by atoms with Crippen LogP contribution in [0, 0.1) is 0 Å². The normalized spacial score (nSPS) is 11.8. The van der Waals surface area contributed by atoms with Crippen LogP contribution in [0.15, 0.2) is 258 Å². The van der Waals surface area contributed by atoms with Crippen LogP contribution in [-0.2, 0) is 0 Å². The van der Waals surface area contributed by atoms with Crippen molar-refractivity contribution in [1.29, 1.82) is 0 Å². The van der Waals surface area contributed by atoms with E-state index in [1.807, 2.05) is 18.2 Å². The topological polar surface area (TPSA) is 29.5 Å². The van der Waals surface area contributed by atoms with E-state index in [0.717, 1.165) is 105 Å². The van der Waals surface area contributed by atoms with E-state index in [9.17, 15) is 0 Å². The molecule has 0 bridgehead atoms. The number of para-hydroxylation sites is 3. The van der Waals surface area contributed by atoms with Crippen molar-refractivity contribution in [3.05, 3.63) is 249 Å². The highest BCUT2D eigenvalue weighted by atomic mass is 16.3. The van der Waals surface area contributed by atoms with Gasteiger partial charge in [-0.3, -0.25) is 0 Å². The molecule has 0 atom stereocenters. The van der Waals surface area contributed by atoms with E-state index in [1.165, 1.54) is 32.3 Å². The zero-order valence-corrected chi connectivity index (χ0v) is 37.4. The molecule has 0 radical (unpaired) electrons. The number of furan rings is 2. The lowest BCUT2D eigenvalue weighted by atomic mass is 9.92. The van der Waals surface area contributed by atoms with E-state index in [1.54, 1.807) is 0 Å². The quantitative estimate of drug-likeness (QED) is 0.149. The molecule has 0 aliphatic heterocycles. The molecule has 3 nitrogen and oxygen atoms in total. The maximum atomic E-state index is 6.58. The van der Waals surface area contributed by atoms with Crippen LogP contribution in [-0.4, -0.2) is 0 Å². The zero-order valence-electron chi connectivity index (χ0n) is 37.4. The van der Waals surface area contributed by atoms with Crippen molar-refractivity contribution in [1.82, 2.24) is 0 Å². The Balaban J connectivity index is 0.852. The fourth-order valence-electron chi connectivity index (χ4n) is 10.7. The molecule has 2 heterocycles. The predicted molar refractivity (Wildman–Crippen MR) is 290 cm³/mol. The van der Waals surface area contributed by atoms with E-state index in [2.05, 4.69) is 235 Å². The monoisotopic (exact) mass is 879 g/mol. The molecule has 14 aromatic rings. The Morgan fingerprint density at radius 2 is 0.725 bits per heavy atom. The van der Waals surface area contributed by atoms with Crippen molar-refractivity contribution >= 4 is 93.3 Å². The van der Waals surface area contributed by atoms with E-state index >= 15 is 0 Å². The van der Waals surface area contributed by atoms with Crippen LogP contribution in [0.3, 0.4) is 0 Å². The largest absolute Gasteiger partial charge is 0.456 e. The molecule has 0 aliphatic rings. The van der Waals surface area contributed by atoms with Crippen LogP contribution in [0.4, 0.5) is 17.1 Å². The van der Waals surface area contributed by atoms with Gasteiger partial charge in [0.1, 0.15) is 22.3 Å². The highest BCUT2D eigenvalue weighted by Crippen LogP contribution is 2.45. The number of benzene rings is 12. The molecule has 322 valence electrons. The third-order valence-electron chi connectivity index (χ3n) is 14.1. The van der Waals surface area contributed by atoms with Crippen LogP contribution in [0.5, 0.6) is 0 Å². The van der Waals surface area contributed by atoms with Gasteiger partial charge in [-0.1, -0.05) is 182 Å². The Labute approximate surface area is 398 Å². The summed E-state index contributed by atoms with van der Waals surface area (Å²) >= 11 is 0. The SMILES string of the molecule is c1ccc2c(-c3cccc4c3oc3ccccc34)cc(-c3ccc(N(c4ccc(-c5ccc(-c6ccc7c(c6)oc6ccccc67)cc5)cc4)c4cc5ccccc5c5ccccc45)cc3)cc2c1. The summed E-state index contributed by atoms with van der Waals surface area (Å²) in [5.74, 6) is 0. The molecule has 0 saturated carbocycles. The van der Waals surface area contributed by atoms with Crippen LogP contribution < -0.4 is 4.90 Å². The molecule has 0 fully saturated rings. The molecule has 0 aliphatic carbocycles. The maximum Gasteiger partial charge on any atom is 0.143 e. The van der Waals surface area contributed by atoms with Gasteiger partial charge in [-0.05, 0) is 133 Å². The summed E-state index contributed by atoms with van der Waals surface area (Å²) in [6.45, 7) is 0. The summed E-state index contributed by atoms with van der Waals surface area (Å²) in [6, 6.07) is 89.6. The van der Waals surface area contributed by atoms with E-state index in [-0.39, 0.29) is 0 Å². The highest BCUT2D eigenvalue weighted by Gasteiger charge is 2.20. The smallest absolute Gasteiger partial charge is 0.143 e. The summed E-state index contributed by atoms with van der Waals surface area (Å²) in [5, 5.41) is 11.8. The van der Waals surface area contributed by atoms with Gasteiger partial charge in [0.2, 0.25) is 0 Å². The Morgan fingerprint density at radius 1 is 0.246 bits per heavy atom. The summed E-state index contributed by atoms with van der Waals surface area (Å²) in [4.78, 5) is 2.41. The number of nitrogens with zero attached hydrogens (tertiary/aromatic N) is 1. The van der Waals surface area contributed by atoms with E-state index in [4.69, 9.17) is 8.83 Å². The van der Waals surface area contributed by atoms with Gasteiger partial charge in [0.25, 0.3) is 0 Å². The summed E-state index contributed by atoms with van der Waals surface area (Å²) in [7, 11) is 0. The highest BCUT2D eigenvalue weighted by molar-refractivity contribution is 6.15. The van der Waals surface area contributed by atoms with Crippen molar-refractivity contribution in [3.8, 4) is 44.5 Å². The minimum Gasteiger partial charge on any atom is -0.456 e. The van der Waals surface area contributed by atoms with Gasteiger partial charge >= 0.3 is 0 Å². The first-order chi connectivity index (χ1) is 34.2. The summed E-state index contributed by atoms with van der Waals surface area (Å²) in [6.07, 6.45) is 0. The van der Waals surface area contributed by atoms with Crippen molar-refractivity contribution in [2.45, 2.75) is 0 Å². The van der Waals surface area contributed by atoms with Crippen LogP contribution in [0.25, 0.3) is 121 Å². The Morgan fingerprint density at radius 3 is 1.42 bits per heavy atom. The van der Waals surface area contributed by atoms with E-state index in [0.29, 0.717) is 0 Å². The molecular formula is C66H41NO2. The Bertz CT molecular complexity index is 4290. The van der Waals surface area contributed by atoms with Crippen molar-refractivity contribution in [3.63, 3.8) is 0 Å². The molecular weight excluding hydrogens is 839 g/mol. The summed E-state index contributed by atoms with van der Waals surface area (Å²) in [5.41, 5.74) is 16.0. The second-order valence-corrected chi connectivity index (χ2v) is 18.0. The third kappa shape index (κ3) is 6.51. The van der Waals surface area contributed by atoms with Gasteiger partial charge in [0.15, 0.2) is 0 Å². The van der Waals surface area contributed by atoms with Gasteiger partial charge in [0.05, 0.1) is 5.69 Å². The molecule has 3 heteroatoms. The Hall–Kier alpha value is -9.18. The molecule has 14 rings (SSSR count). The fourth-order valence-corrected chi connectivity index (χ4v) is 10.7. The number of rotatable bonds is 7. The minimum atomic E-state index is 0.901. The van der Waals surface area contributed by atoms with Crippen molar-refractivity contribution < 1.29 is 8.83 Å². The fraction of sp³-hybridized carbons (Fsp3) is 0. The first-order valence-corrected chi connectivity index (χ1v) is 23.6. The summed E-state index contributed by atoms with van der Waals surface area (Å²) < 4.78 is 12.8. The van der Waals surface area contributed by atoms with Crippen LogP contribution in [0.1, 0.15) is 0 Å². The molecule has 69 heavy (non-hydrogen) atoms. The average Bonchev–Trinajstić information content (AvgIpc) is 4.00. The van der Waals surface area contributed by atoms with Crippen LogP contribution >= 0.6 is 0 Å². The third-order valence-corrected chi connectivity index (χ3v) is 14.1. The average molecular weight is 880 g/mol. The first-order valence-electron chi connectivity index (χ1n) is 23.6. The van der Waals surface area contributed by atoms with Crippen molar-refractivity contribution in [2.75, 3.05) is 4.90 Å². The minimum absolute atomic E-state index is 0.901. The number of hydrogen-bond donors (Lipinski definition) is 0. The first kappa shape index (κ1) is 39.0. The number of hydrogen-bond acceptors (Lipinski definition) is 3. The molecule has 0 amide bonds. The molecule has 2 aromatic heterocycles. The van der Waals surface area contributed by atoms with Gasteiger partial charge < -0.3 is 13.7 Å². The molecule has 0 N–H and O–H groups in total. The van der Waals surface area contributed by atoms with E-state index < -0.39 is 0 Å². The number of anilines is 3. The maximum absolute atomic E-state index is 6.58. The standard InChI is InChI=1S/C66H41NO2/c1-4-15-53-47(12-1)38-49(39-61(53)60-21-11-20-59-57-19-8-10-23-64(57)69-66(59)60)45-30-35-51(36-31-45)67(62-40-48-13-2-3-14-52(48)54-16-5-6-17-55(54)62)50-33-28-43(29-34-50)42-24-26-44(27-25-42)46-32-37-58-56-18-7-9-22-63(56)68-65(58)41-46/h1-41H. The second-order valence-electron chi connectivity index (χ2n) is 18.0. The lowest BCUT2D eigenvalue weighted by Crippen LogP contribution is -2.10. The molecule has 0 saturated heterocycles. The second kappa shape index (κ2) is 15.7. The molecule has 0 spiro atoms. The van der Waals surface area contributed by atoms with Crippen LogP contribution in [0.2, 0.25) is 0 Å². The molecule has 12 aromatic carbocycles. The van der Waals surface area contributed by atoms with Gasteiger partial charge in [-0.2, -0.15) is 0 Å². The Kier molecular flexibility index (Phi) is 8.90. The lowest BCUT2D eigenvalue weighted by Gasteiger charge is -2.28. The van der Waals surface area contributed by atoms with Gasteiger partial charge in [0, 0.05) is 43.9 Å². The molecule has 0 unspecified atom stereocenters. The lowest BCUT2D eigenvalue weighted by molar-refractivity contribution is 0.669.